The monoisotopic (exact) mass is 261 g/mol. The molecule has 0 aromatic carbocycles. The van der Waals surface area contributed by atoms with Gasteiger partial charge >= 0.3 is 0 Å². The highest BCUT2D eigenvalue weighted by atomic mass is 79.9. The Morgan fingerprint density at radius 2 is 2.29 bits per heavy atom. The highest BCUT2D eigenvalue weighted by molar-refractivity contribution is 9.10. The maximum atomic E-state index is 5.44. The smallest absolute Gasteiger partial charge is 0.103 e. The van der Waals surface area contributed by atoms with Crippen LogP contribution in [-0.2, 0) is 18.4 Å². The first-order valence-electron chi connectivity index (χ1n) is 4.57. The third-order valence-corrected chi connectivity index (χ3v) is 3.09. The van der Waals surface area contributed by atoms with Crippen LogP contribution in [0.25, 0.3) is 0 Å². The van der Waals surface area contributed by atoms with Gasteiger partial charge in [-0.15, -0.1) is 0 Å². The third kappa shape index (κ3) is 2.80. The molecule has 5 heteroatoms. The Morgan fingerprint density at radius 1 is 1.57 bits per heavy atom. The van der Waals surface area contributed by atoms with Gasteiger partial charge in [-0.1, -0.05) is 0 Å². The van der Waals surface area contributed by atoms with Gasteiger partial charge in [0.1, 0.15) is 5.69 Å². The van der Waals surface area contributed by atoms with Gasteiger partial charge < -0.3 is 10.1 Å². The zero-order chi connectivity index (χ0) is 10.6. The van der Waals surface area contributed by atoms with Gasteiger partial charge in [-0.25, -0.2) is 0 Å². The van der Waals surface area contributed by atoms with Gasteiger partial charge in [-0.05, 0) is 29.9 Å². The van der Waals surface area contributed by atoms with E-state index in [1.807, 2.05) is 25.7 Å². The van der Waals surface area contributed by atoms with Crippen LogP contribution < -0.4 is 5.32 Å². The molecule has 0 aliphatic heterocycles. The van der Waals surface area contributed by atoms with E-state index in [2.05, 4.69) is 26.3 Å². The second-order valence-corrected chi connectivity index (χ2v) is 3.92. The third-order valence-electron chi connectivity index (χ3n) is 2.06. The van der Waals surface area contributed by atoms with Crippen molar-refractivity contribution >= 4 is 15.9 Å². The maximum absolute atomic E-state index is 5.44. The lowest BCUT2D eigenvalue weighted by Crippen LogP contribution is -2.14. The molecular formula is C9H16BrN3O. The first-order valence-corrected chi connectivity index (χ1v) is 5.36. The Morgan fingerprint density at radius 3 is 2.79 bits per heavy atom. The minimum atomic E-state index is 0.559. The maximum Gasteiger partial charge on any atom is 0.103 e. The summed E-state index contributed by atoms with van der Waals surface area (Å²) in [6, 6.07) is 0. The van der Waals surface area contributed by atoms with Gasteiger partial charge in [0.15, 0.2) is 0 Å². The van der Waals surface area contributed by atoms with Gasteiger partial charge in [0, 0.05) is 19.3 Å². The van der Waals surface area contributed by atoms with E-state index in [0.717, 1.165) is 22.4 Å². The molecule has 0 saturated carbocycles. The van der Waals surface area contributed by atoms with E-state index in [1.54, 1.807) is 0 Å². The molecule has 4 nitrogen and oxygen atoms in total. The second-order valence-electron chi connectivity index (χ2n) is 3.13. The number of likely N-dealkylation sites (N-methyl/N-ethyl adjacent to an activating group) is 1. The minimum absolute atomic E-state index is 0.559. The first kappa shape index (κ1) is 11.7. The molecule has 1 aromatic heterocycles. The number of nitrogens with one attached hydrogen (secondary N) is 1. The van der Waals surface area contributed by atoms with Crippen molar-refractivity contribution in [3.05, 3.63) is 15.9 Å². The highest BCUT2D eigenvalue weighted by Gasteiger charge is 2.09. The number of aromatic nitrogens is 2. The summed E-state index contributed by atoms with van der Waals surface area (Å²) in [4.78, 5) is 0. The van der Waals surface area contributed by atoms with Crippen molar-refractivity contribution < 1.29 is 4.74 Å². The quantitative estimate of drug-likeness (QED) is 0.811. The average molecular weight is 262 g/mol. The molecule has 1 rings (SSSR count). The van der Waals surface area contributed by atoms with Crippen LogP contribution in [0.2, 0.25) is 0 Å². The van der Waals surface area contributed by atoms with E-state index in [4.69, 9.17) is 4.74 Å². The van der Waals surface area contributed by atoms with Crippen LogP contribution in [0.15, 0.2) is 4.47 Å². The molecule has 80 valence electrons. The number of aryl methyl sites for hydroxylation is 1. The molecule has 0 aliphatic carbocycles. The van der Waals surface area contributed by atoms with Gasteiger partial charge in [-0.2, -0.15) is 5.10 Å². The lowest BCUT2D eigenvalue weighted by molar-refractivity contribution is 0.120. The van der Waals surface area contributed by atoms with Gasteiger partial charge in [0.2, 0.25) is 0 Å². The summed E-state index contributed by atoms with van der Waals surface area (Å²) in [7, 11) is 3.83. The van der Waals surface area contributed by atoms with Crippen LogP contribution in [0.4, 0.5) is 0 Å². The summed E-state index contributed by atoms with van der Waals surface area (Å²) >= 11 is 3.49. The molecule has 0 spiro atoms. The van der Waals surface area contributed by atoms with Crippen molar-refractivity contribution in [2.24, 2.45) is 7.05 Å². The molecule has 0 amide bonds. The minimum Gasteiger partial charge on any atom is -0.374 e. The predicted molar refractivity (Wildman–Crippen MR) is 59.2 cm³/mol. The summed E-state index contributed by atoms with van der Waals surface area (Å²) in [5.74, 6) is 0. The molecule has 0 unspecified atom stereocenters. The van der Waals surface area contributed by atoms with E-state index in [-0.39, 0.29) is 0 Å². The van der Waals surface area contributed by atoms with Crippen LogP contribution in [-0.4, -0.2) is 30.0 Å². The summed E-state index contributed by atoms with van der Waals surface area (Å²) in [6.45, 7) is 4.15. The molecule has 0 saturated heterocycles. The van der Waals surface area contributed by atoms with Crippen LogP contribution in [0.5, 0.6) is 0 Å². The number of halogens is 1. The summed E-state index contributed by atoms with van der Waals surface area (Å²) in [5, 5.41) is 7.35. The molecule has 0 bridgehead atoms. The van der Waals surface area contributed by atoms with Crippen molar-refractivity contribution in [1.82, 2.24) is 15.1 Å². The Bertz CT molecular complexity index is 298. The van der Waals surface area contributed by atoms with E-state index in [9.17, 15) is 0 Å². The molecule has 0 atom stereocenters. The van der Waals surface area contributed by atoms with Crippen molar-refractivity contribution in [3.8, 4) is 0 Å². The lowest BCUT2D eigenvalue weighted by atomic mass is 10.4. The van der Waals surface area contributed by atoms with Crippen LogP contribution in [0, 0.1) is 6.92 Å². The number of hydrogen-bond donors (Lipinski definition) is 1. The predicted octanol–water partition coefficient (Wildman–Crippen LogP) is 1.23. The lowest BCUT2D eigenvalue weighted by Gasteiger charge is -2.01. The van der Waals surface area contributed by atoms with Crippen molar-refractivity contribution in [2.45, 2.75) is 13.5 Å². The Hall–Kier alpha value is -0.390. The van der Waals surface area contributed by atoms with Crippen LogP contribution in [0.1, 0.15) is 11.4 Å². The largest absolute Gasteiger partial charge is 0.374 e. The molecular weight excluding hydrogens is 246 g/mol. The Balaban J connectivity index is 2.47. The normalized spacial score (nSPS) is 10.9. The highest BCUT2D eigenvalue weighted by Crippen LogP contribution is 2.20. The van der Waals surface area contributed by atoms with E-state index in [0.29, 0.717) is 13.2 Å². The molecule has 0 fully saturated rings. The molecule has 14 heavy (non-hydrogen) atoms. The fraction of sp³-hybridized carbons (Fsp3) is 0.667. The second kappa shape index (κ2) is 5.48. The zero-order valence-corrected chi connectivity index (χ0v) is 10.4. The Labute approximate surface area is 92.8 Å². The zero-order valence-electron chi connectivity index (χ0n) is 8.80. The Kier molecular flexibility index (Phi) is 4.57. The molecule has 0 aliphatic rings. The molecule has 1 N–H and O–H groups in total. The number of rotatable bonds is 5. The van der Waals surface area contributed by atoms with E-state index >= 15 is 0 Å². The fourth-order valence-electron chi connectivity index (χ4n) is 1.09. The van der Waals surface area contributed by atoms with Gasteiger partial charge in [-0.3, -0.25) is 4.68 Å². The number of ether oxygens (including phenoxy) is 1. The van der Waals surface area contributed by atoms with Crippen molar-refractivity contribution in [3.63, 3.8) is 0 Å². The van der Waals surface area contributed by atoms with Gasteiger partial charge in [0.05, 0.1) is 17.7 Å². The summed E-state index contributed by atoms with van der Waals surface area (Å²) < 4.78 is 8.33. The van der Waals surface area contributed by atoms with E-state index < -0.39 is 0 Å². The van der Waals surface area contributed by atoms with Gasteiger partial charge in [0.25, 0.3) is 0 Å². The van der Waals surface area contributed by atoms with Crippen LogP contribution >= 0.6 is 15.9 Å². The molecule has 1 heterocycles. The van der Waals surface area contributed by atoms with Crippen molar-refractivity contribution in [2.75, 3.05) is 20.2 Å². The summed E-state index contributed by atoms with van der Waals surface area (Å²) in [6.07, 6.45) is 0. The summed E-state index contributed by atoms with van der Waals surface area (Å²) in [5.41, 5.74) is 2.08. The topological polar surface area (TPSA) is 39.1 Å². The van der Waals surface area contributed by atoms with Crippen LogP contribution in [0.3, 0.4) is 0 Å². The standard InChI is InChI=1S/C9H16BrN3O/c1-7-9(10)8(12-13(7)3)6-14-5-4-11-2/h11H,4-6H2,1-3H3. The van der Waals surface area contributed by atoms with E-state index in [1.165, 1.54) is 0 Å². The number of hydrogen-bond acceptors (Lipinski definition) is 3. The SMILES string of the molecule is CNCCOCc1nn(C)c(C)c1Br. The average Bonchev–Trinajstić information content (AvgIpc) is 2.41. The molecule has 0 radical (unpaired) electrons. The first-order chi connectivity index (χ1) is 6.66. The fourth-order valence-corrected chi connectivity index (χ4v) is 1.54. The molecule has 1 aromatic rings. The number of nitrogens with zero attached hydrogens (tertiary/aromatic N) is 2. The van der Waals surface area contributed by atoms with Crippen molar-refractivity contribution in [1.29, 1.82) is 0 Å².